The molecule has 27 heavy (non-hydrogen) atoms. The zero-order valence-corrected chi connectivity index (χ0v) is 16.8. The summed E-state index contributed by atoms with van der Waals surface area (Å²) in [7, 11) is 2.31. The molecule has 2 aromatic rings. The summed E-state index contributed by atoms with van der Waals surface area (Å²) in [6.45, 7) is 1.89. The predicted molar refractivity (Wildman–Crippen MR) is 101 cm³/mol. The lowest BCUT2D eigenvalue weighted by Gasteiger charge is -2.14. The number of aryl methyl sites for hydroxylation is 1. The minimum atomic E-state index is -3.63. The van der Waals surface area contributed by atoms with E-state index in [1.807, 2.05) is 6.92 Å². The fraction of sp³-hybridized carbons (Fsp3) is 0.316. The summed E-state index contributed by atoms with van der Waals surface area (Å²) in [6, 6.07) is 9.30. The average Bonchev–Trinajstić information content (AvgIpc) is 2.66. The van der Waals surface area contributed by atoms with Crippen molar-refractivity contribution in [3.63, 3.8) is 0 Å². The van der Waals surface area contributed by atoms with E-state index < -0.39 is 16.0 Å². The van der Waals surface area contributed by atoms with Crippen molar-refractivity contribution >= 4 is 16.0 Å². The molecule has 0 atom stereocenters. The highest BCUT2D eigenvalue weighted by Gasteiger charge is 2.19. The number of methoxy groups -OCH3 is 2. The molecule has 0 fully saturated rings. The summed E-state index contributed by atoms with van der Waals surface area (Å²) in [5.41, 5.74) is 1.80. The predicted octanol–water partition coefficient (Wildman–Crippen LogP) is 2.62. The maximum atomic E-state index is 12.4. The van der Waals surface area contributed by atoms with Gasteiger partial charge in [0, 0.05) is 14.1 Å². The van der Waals surface area contributed by atoms with E-state index in [9.17, 15) is 13.2 Å². The third-order valence-electron chi connectivity index (χ3n) is 4.05. The number of carbonyl (C=O) groups is 1. The first-order chi connectivity index (χ1) is 12.7. The zero-order chi connectivity index (χ0) is 20.2. The summed E-state index contributed by atoms with van der Waals surface area (Å²) in [6.07, 6.45) is 0. The van der Waals surface area contributed by atoms with Gasteiger partial charge in [0.1, 0.15) is 6.61 Å². The first-order valence-corrected chi connectivity index (χ1v) is 9.56. The summed E-state index contributed by atoms with van der Waals surface area (Å²) in [4.78, 5) is 12.4. The molecule has 0 radical (unpaired) electrons. The van der Waals surface area contributed by atoms with Crippen LogP contribution in [0.5, 0.6) is 11.5 Å². The van der Waals surface area contributed by atoms with Gasteiger partial charge in [-0.1, -0.05) is 6.07 Å². The zero-order valence-electron chi connectivity index (χ0n) is 16.0. The molecule has 0 aliphatic heterocycles. The Morgan fingerprint density at radius 3 is 2.26 bits per heavy atom. The maximum absolute atomic E-state index is 12.4. The highest BCUT2D eigenvalue weighted by Crippen LogP contribution is 2.30. The Morgan fingerprint density at radius 2 is 1.67 bits per heavy atom. The summed E-state index contributed by atoms with van der Waals surface area (Å²) in [5, 5.41) is 0. The Hall–Kier alpha value is -2.58. The fourth-order valence-corrected chi connectivity index (χ4v) is 3.35. The van der Waals surface area contributed by atoms with Gasteiger partial charge < -0.3 is 14.2 Å². The van der Waals surface area contributed by atoms with Crippen molar-refractivity contribution in [2.75, 3.05) is 28.3 Å². The van der Waals surface area contributed by atoms with Crippen molar-refractivity contribution < 1.29 is 27.4 Å². The van der Waals surface area contributed by atoms with Crippen molar-refractivity contribution in [2.45, 2.75) is 18.4 Å². The normalized spacial score (nSPS) is 11.3. The largest absolute Gasteiger partial charge is 0.493 e. The number of carbonyl (C=O) groups excluding carboxylic acids is 1. The Kier molecular flexibility index (Phi) is 6.45. The second-order valence-electron chi connectivity index (χ2n) is 6.03. The van der Waals surface area contributed by atoms with Gasteiger partial charge >= 0.3 is 5.97 Å². The van der Waals surface area contributed by atoms with Crippen LogP contribution in [0.2, 0.25) is 0 Å². The number of benzene rings is 2. The molecule has 0 saturated heterocycles. The van der Waals surface area contributed by atoms with Gasteiger partial charge in [-0.2, -0.15) is 0 Å². The fourth-order valence-electron chi connectivity index (χ4n) is 2.40. The summed E-state index contributed by atoms with van der Waals surface area (Å²) in [5.74, 6) is 0.514. The van der Waals surface area contributed by atoms with E-state index in [4.69, 9.17) is 14.2 Å². The quantitative estimate of drug-likeness (QED) is 0.673. The highest BCUT2D eigenvalue weighted by atomic mass is 32.2. The van der Waals surface area contributed by atoms with E-state index in [0.29, 0.717) is 11.5 Å². The van der Waals surface area contributed by atoms with Crippen molar-refractivity contribution in [2.24, 2.45) is 0 Å². The smallest absolute Gasteiger partial charge is 0.338 e. The average molecular weight is 393 g/mol. The van der Waals surface area contributed by atoms with E-state index >= 15 is 0 Å². The first kappa shape index (κ1) is 20.7. The molecule has 0 N–H and O–H groups in total. The molecule has 0 unspecified atom stereocenters. The van der Waals surface area contributed by atoms with Gasteiger partial charge in [0.25, 0.3) is 0 Å². The van der Waals surface area contributed by atoms with E-state index in [1.54, 1.807) is 19.2 Å². The molecule has 0 aliphatic carbocycles. The first-order valence-electron chi connectivity index (χ1n) is 8.12. The van der Waals surface area contributed by atoms with Crippen molar-refractivity contribution in [1.82, 2.24) is 4.31 Å². The van der Waals surface area contributed by atoms with Crippen molar-refractivity contribution in [3.8, 4) is 11.5 Å². The maximum Gasteiger partial charge on any atom is 0.338 e. The summed E-state index contributed by atoms with van der Waals surface area (Å²) >= 11 is 0. The van der Waals surface area contributed by atoms with E-state index in [2.05, 4.69) is 0 Å². The summed E-state index contributed by atoms with van der Waals surface area (Å²) < 4.78 is 41.4. The van der Waals surface area contributed by atoms with Gasteiger partial charge in [0.15, 0.2) is 11.5 Å². The number of hydrogen-bond donors (Lipinski definition) is 0. The van der Waals surface area contributed by atoms with Gasteiger partial charge in [0.05, 0.1) is 24.7 Å². The van der Waals surface area contributed by atoms with Crippen LogP contribution in [0.4, 0.5) is 0 Å². The molecule has 8 heteroatoms. The van der Waals surface area contributed by atoms with Crippen molar-refractivity contribution in [1.29, 1.82) is 0 Å². The van der Waals surface area contributed by atoms with Crippen LogP contribution in [0.15, 0.2) is 41.3 Å². The van der Waals surface area contributed by atoms with Crippen LogP contribution in [0, 0.1) is 6.92 Å². The van der Waals surface area contributed by atoms with E-state index in [1.165, 1.54) is 45.5 Å². The Morgan fingerprint density at radius 1 is 1.04 bits per heavy atom. The Labute approximate surface area is 159 Å². The molecule has 0 heterocycles. The van der Waals surface area contributed by atoms with Gasteiger partial charge in [-0.05, 0) is 48.4 Å². The second kappa shape index (κ2) is 8.41. The molecule has 146 valence electrons. The molecule has 0 saturated carbocycles. The van der Waals surface area contributed by atoms with Crippen LogP contribution in [0.1, 0.15) is 21.5 Å². The number of nitrogens with zero attached hydrogens (tertiary/aromatic N) is 1. The minimum absolute atomic E-state index is 0.0235. The molecule has 2 rings (SSSR count). The van der Waals surface area contributed by atoms with Crippen LogP contribution in [-0.2, 0) is 21.4 Å². The number of rotatable bonds is 7. The van der Waals surface area contributed by atoms with Gasteiger partial charge in [0.2, 0.25) is 10.0 Å². The third kappa shape index (κ3) is 4.58. The SMILES string of the molecule is COc1cc(C)c(COC(=O)c2cccc(S(=O)(=O)N(C)C)c2)cc1OC. The molecule has 0 bridgehead atoms. The van der Waals surface area contributed by atoms with Crippen LogP contribution < -0.4 is 9.47 Å². The van der Waals surface area contributed by atoms with Gasteiger partial charge in [-0.3, -0.25) is 0 Å². The molecule has 2 aromatic carbocycles. The molecular formula is C19H23NO6S. The van der Waals surface area contributed by atoms with Gasteiger partial charge in [-0.15, -0.1) is 0 Å². The van der Waals surface area contributed by atoms with Crippen LogP contribution in [-0.4, -0.2) is 47.0 Å². The van der Waals surface area contributed by atoms with Gasteiger partial charge in [-0.25, -0.2) is 17.5 Å². The second-order valence-corrected chi connectivity index (χ2v) is 8.18. The number of ether oxygens (including phenoxy) is 3. The molecule has 0 spiro atoms. The number of esters is 1. The molecule has 7 nitrogen and oxygen atoms in total. The monoisotopic (exact) mass is 393 g/mol. The van der Waals surface area contributed by atoms with Crippen LogP contribution in [0.25, 0.3) is 0 Å². The molecule has 0 aliphatic rings. The lowest BCUT2D eigenvalue weighted by atomic mass is 10.1. The highest BCUT2D eigenvalue weighted by molar-refractivity contribution is 7.89. The van der Waals surface area contributed by atoms with Crippen molar-refractivity contribution in [3.05, 3.63) is 53.1 Å². The Bertz CT molecular complexity index is 937. The number of sulfonamides is 1. The number of hydrogen-bond acceptors (Lipinski definition) is 6. The topological polar surface area (TPSA) is 82.1 Å². The lowest BCUT2D eigenvalue weighted by Crippen LogP contribution is -2.22. The molecule has 0 aromatic heterocycles. The molecular weight excluding hydrogens is 370 g/mol. The van der Waals surface area contributed by atoms with E-state index in [-0.39, 0.29) is 17.1 Å². The van der Waals surface area contributed by atoms with Crippen LogP contribution >= 0.6 is 0 Å². The van der Waals surface area contributed by atoms with Crippen LogP contribution in [0.3, 0.4) is 0 Å². The standard InChI is InChI=1S/C19H23NO6S/c1-13-9-17(24-4)18(25-5)11-15(13)12-26-19(21)14-7-6-8-16(10-14)27(22,23)20(2)3/h6-11H,12H2,1-5H3. The molecule has 0 amide bonds. The third-order valence-corrected chi connectivity index (χ3v) is 5.86. The Balaban J connectivity index is 2.20. The minimum Gasteiger partial charge on any atom is -0.493 e. The lowest BCUT2D eigenvalue weighted by molar-refractivity contribution is 0.0471. The van der Waals surface area contributed by atoms with E-state index in [0.717, 1.165) is 15.4 Å².